The van der Waals surface area contributed by atoms with E-state index in [1.807, 2.05) is 0 Å². The highest BCUT2D eigenvalue weighted by molar-refractivity contribution is 5.31. The molecule has 0 saturated carbocycles. The van der Waals surface area contributed by atoms with Gasteiger partial charge in [-0.05, 0) is 38.0 Å². The molecule has 1 N–H and O–H groups in total. The molecule has 1 aromatic carbocycles. The Morgan fingerprint density at radius 3 is 2.62 bits per heavy atom. The van der Waals surface area contributed by atoms with Crippen molar-refractivity contribution >= 4 is 0 Å². The zero-order valence-corrected chi connectivity index (χ0v) is 10.4. The van der Waals surface area contributed by atoms with E-state index in [1.54, 1.807) is 12.1 Å². The minimum Gasteiger partial charge on any atom is -0.494 e. The summed E-state index contributed by atoms with van der Waals surface area (Å²) in [6.45, 7) is 6.34. The molecule has 2 unspecified atom stereocenters. The van der Waals surface area contributed by atoms with Crippen LogP contribution in [0.1, 0.15) is 38.8 Å². The normalized spacial score (nSPS) is 14.6. The van der Waals surface area contributed by atoms with Crippen molar-refractivity contribution in [3.8, 4) is 5.75 Å². The second kappa shape index (κ2) is 5.85. The van der Waals surface area contributed by atoms with E-state index >= 15 is 0 Å². The first kappa shape index (κ1) is 13.0. The van der Waals surface area contributed by atoms with E-state index in [2.05, 4.69) is 26.1 Å². The smallest absolute Gasteiger partial charge is 0.165 e. The second-order valence-electron chi connectivity index (χ2n) is 4.09. The number of benzene rings is 1. The Morgan fingerprint density at radius 1 is 1.38 bits per heavy atom. The first-order chi connectivity index (χ1) is 7.58. The third-order valence-corrected chi connectivity index (χ3v) is 2.82. The molecular formula is C13H20FNO. The van der Waals surface area contributed by atoms with Crippen LogP contribution in [-0.2, 0) is 0 Å². The van der Waals surface area contributed by atoms with Gasteiger partial charge < -0.3 is 10.1 Å². The molecule has 0 bridgehead atoms. The van der Waals surface area contributed by atoms with Gasteiger partial charge in [0.15, 0.2) is 11.6 Å². The summed E-state index contributed by atoms with van der Waals surface area (Å²) >= 11 is 0. The Bertz CT molecular complexity index is 341. The number of hydrogen-bond donors (Lipinski definition) is 1. The maximum absolute atomic E-state index is 13.2. The summed E-state index contributed by atoms with van der Waals surface area (Å²) in [6.07, 6.45) is 1.07. The highest BCUT2D eigenvalue weighted by atomic mass is 19.1. The van der Waals surface area contributed by atoms with Crippen molar-refractivity contribution in [2.75, 3.05) is 7.11 Å². The van der Waals surface area contributed by atoms with Crippen LogP contribution in [-0.4, -0.2) is 13.2 Å². The van der Waals surface area contributed by atoms with Gasteiger partial charge in [-0.15, -0.1) is 0 Å². The van der Waals surface area contributed by atoms with Crippen LogP contribution < -0.4 is 10.1 Å². The topological polar surface area (TPSA) is 21.3 Å². The van der Waals surface area contributed by atoms with Gasteiger partial charge in [0.05, 0.1) is 7.11 Å². The van der Waals surface area contributed by atoms with Crippen LogP contribution in [0.3, 0.4) is 0 Å². The molecule has 0 spiro atoms. The van der Waals surface area contributed by atoms with Crippen LogP contribution in [0.25, 0.3) is 0 Å². The minimum absolute atomic E-state index is 0.199. The van der Waals surface area contributed by atoms with Gasteiger partial charge in [0.25, 0.3) is 0 Å². The van der Waals surface area contributed by atoms with Crippen molar-refractivity contribution in [3.05, 3.63) is 29.6 Å². The molecule has 0 aromatic heterocycles. The molecule has 0 heterocycles. The van der Waals surface area contributed by atoms with Crippen molar-refractivity contribution in [3.63, 3.8) is 0 Å². The molecule has 2 nitrogen and oxygen atoms in total. The van der Waals surface area contributed by atoms with Gasteiger partial charge in [-0.1, -0.05) is 13.0 Å². The summed E-state index contributed by atoms with van der Waals surface area (Å²) in [5, 5.41) is 3.44. The third-order valence-electron chi connectivity index (χ3n) is 2.82. The van der Waals surface area contributed by atoms with Crippen LogP contribution in [0.2, 0.25) is 0 Å². The van der Waals surface area contributed by atoms with Gasteiger partial charge in [-0.3, -0.25) is 0 Å². The van der Waals surface area contributed by atoms with Crippen molar-refractivity contribution in [1.29, 1.82) is 0 Å². The summed E-state index contributed by atoms with van der Waals surface area (Å²) in [7, 11) is 1.48. The van der Waals surface area contributed by atoms with E-state index in [4.69, 9.17) is 4.74 Å². The van der Waals surface area contributed by atoms with Crippen molar-refractivity contribution in [1.82, 2.24) is 5.32 Å². The number of nitrogens with one attached hydrogen (secondary N) is 1. The van der Waals surface area contributed by atoms with Gasteiger partial charge in [0.2, 0.25) is 0 Å². The lowest BCUT2D eigenvalue weighted by molar-refractivity contribution is 0.384. The van der Waals surface area contributed by atoms with Gasteiger partial charge in [0.1, 0.15) is 0 Å². The van der Waals surface area contributed by atoms with Crippen LogP contribution in [0.15, 0.2) is 18.2 Å². The molecular weight excluding hydrogens is 205 g/mol. The maximum atomic E-state index is 13.2. The molecule has 0 radical (unpaired) electrons. The molecule has 16 heavy (non-hydrogen) atoms. The van der Waals surface area contributed by atoms with E-state index in [-0.39, 0.29) is 11.9 Å². The number of rotatable bonds is 5. The van der Waals surface area contributed by atoms with Crippen LogP contribution in [0, 0.1) is 5.82 Å². The van der Waals surface area contributed by atoms with Gasteiger partial charge in [-0.25, -0.2) is 4.39 Å². The molecule has 1 aromatic rings. The summed E-state index contributed by atoms with van der Waals surface area (Å²) in [4.78, 5) is 0. The van der Waals surface area contributed by atoms with Crippen molar-refractivity contribution in [2.45, 2.75) is 39.3 Å². The molecule has 2 atom stereocenters. The molecule has 0 fully saturated rings. The minimum atomic E-state index is -0.318. The van der Waals surface area contributed by atoms with Crippen LogP contribution >= 0.6 is 0 Å². The van der Waals surface area contributed by atoms with Gasteiger partial charge in [0, 0.05) is 12.1 Å². The Balaban J connectivity index is 2.79. The molecule has 90 valence electrons. The average molecular weight is 225 g/mol. The molecule has 0 aliphatic carbocycles. The van der Waals surface area contributed by atoms with E-state index in [1.165, 1.54) is 13.2 Å². The average Bonchev–Trinajstić information content (AvgIpc) is 2.29. The lowest BCUT2D eigenvalue weighted by Crippen LogP contribution is -2.28. The van der Waals surface area contributed by atoms with E-state index in [9.17, 15) is 4.39 Å². The Labute approximate surface area is 96.8 Å². The van der Waals surface area contributed by atoms with Crippen molar-refractivity contribution in [2.24, 2.45) is 0 Å². The molecule has 0 aliphatic rings. The summed E-state index contributed by atoms with van der Waals surface area (Å²) in [5.41, 5.74) is 1.04. The lowest BCUT2D eigenvalue weighted by atomic mass is 10.1. The molecule has 0 saturated heterocycles. The van der Waals surface area contributed by atoms with Gasteiger partial charge in [-0.2, -0.15) is 0 Å². The highest BCUT2D eigenvalue weighted by Crippen LogP contribution is 2.22. The fourth-order valence-electron chi connectivity index (χ4n) is 1.59. The highest BCUT2D eigenvalue weighted by Gasteiger charge is 2.11. The monoisotopic (exact) mass is 225 g/mol. The fourth-order valence-corrected chi connectivity index (χ4v) is 1.59. The van der Waals surface area contributed by atoms with E-state index in [0.29, 0.717) is 11.8 Å². The van der Waals surface area contributed by atoms with E-state index < -0.39 is 0 Å². The van der Waals surface area contributed by atoms with Crippen LogP contribution in [0.4, 0.5) is 4.39 Å². The van der Waals surface area contributed by atoms with Crippen LogP contribution in [0.5, 0.6) is 5.75 Å². The molecule has 0 aliphatic heterocycles. The second-order valence-corrected chi connectivity index (χ2v) is 4.09. The Hall–Kier alpha value is -1.09. The molecule has 1 rings (SSSR count). The SMILES string of the molecule is CCC(C)NC(C)c1ccc(F)c(OC)c1. The molecule has 3 heteroatoms. The zero-order chi connectivity index (χ0) is 12.1. The zero-order valence-electron chi connectivity index (χ0n) is 10.4. The van der Waals surface area contributed by atoms with Crippen molar-refractivity contribution < 1.29 is 9.13 Å². The quantitative estimate of drug-likeness (QED) is 0.830. The first-order valence-corrected chi connectivity index (χ1v) is 5.68. The van der Waals surface area contributed by atoms with E-state index in [0.717, 1.165) is 12.0 Å². The Morgan fingerprint density at radius 2 is 2.06 bits per heavy atom. The maximum Gasteiger partial charge on any atom is 0.165 e. The number of halogens is 1. The number of ether oxygens (including phenoxy) is 1. The fraction of sp³-hybridized carbons (Fsp3) is 0.538. The molecule has 0 amide bonds. The largest absolute Gasteiger partial charge is 0.494 e. The Kier molecular flexibility index (Phi) is 4.74. The summed E-state index contributed by atoms with van der Waals surface area (Å²) < 4.78 is 18.2. The standard InChI is InChI=1S/C13H20FNO/c1-5-9(2)15-10(3)11-6-7-12(14)13(8-11)16-4/h6-10,15H,5H2,1-4H3. The first-order valence-electron chi connectivity index (χ1n) is 5.68. The predicted molar refractivity (Wildman–Crippen MR) is 64.3 cm³/mol. The summed E-state index contributed by atoms with van der Waals surface area (Å²) in [5.74, 6) is -0.0164. The summed E-state index contributed by atoms with van der Waals surface area (Å²) in [6, 6.07) is 5.63. The number of methoxy groups -OCH3 is 1. The predicted octanol–water partition coefficient (Wildman–Crippen LogP) is 3.28. The van der Waals surface area contributed by atoms with Gasteiger partial charge >= 0.3 is 0 Å². The lowest BCUT2D eigenvalue weighted by Gasteiger charge is -2.19. The third kappa shape index (κ3) is 3.20. The number of hydrogen-bond acceptors (Lipinski definition) is 2.